The number of likely N-dealkylation sites (tertiary alicyclic amines) is 1. The van der Waals surface area contributed by atoms with Gasteiger partial charge in [-0.15, -0.1) is 0 Å². The highest BCUT2D eigenvalue weighted by atomic mass is 16.3. The lowest BCUT2D eigenvalue weighted by atomic mass is 9.82. The molecule has 2 rings (SSSR count). The smallest absolute Gasteiger partial charge is 0.223 e. The molecular formula is C11H20N2O2. The number of aliphatic hydroxyl groups is 1. The maximum Gasteiger partial charge on any atom is 0.223 e. The summed E-state index contributed by atoms with van der Waals surface area (Å²) < 4.78 is 0. The third-order valence-corrected chi connectivity index (χ3v) is 3.71. The van der Waals surface area contributed by atoms with Gasteiger partial charge in [-0.1, -0.05) is 0 Å². The molecule has 0 aromatic rings. The molecule has 1 atom stereocenters. The van der Waals surface area contributed by atoms with E-state index in [4.69, 9.17) is 0 Å². The molecule has 15 heavy (non-hydrogen) atoms. The molecule has 0 saturated carbocycles. The fourth-order valence-electron chi connectivity index (χ4n) is 2.54. The van der Waals surface area contributed by atoms with Crippen molar-refractivity contribution in [2.75, 3.05) is 26.7 Å². The van der Waals surface area contributed by atoms with Crippen LogP contribution in [-0.4, -0.2) is 48.2 Å². The van der Waals surface area contributed by atoms with Crippen molar-refractivity contribution in [2.24, 2.45) is 5.92 Å². The Balaban J connectivity index is 1.90. The number of rotatable bonds is 2. The fraction of sp³-hybridized carbons (Fsp3) is 0.909. The van der Waals surface area contributed by atoms with Crippen molar-refractivity contribution in [3.63, 3.8) is 0 Å². The number of nitrogens with zero attached hydrogens (tertiary/aromatic N) is 1. The molecule has 0 aromatic heterocycles. The Labute approximate surface area is 90.6 Å². The van der Waals surface area contributed by atoms with Crippen LogP contribution in [-0.2, 0) is 4.79 Å². The molecular weight excluding hydrogens is 192 g/mol. The van der Waals surface area contributed by atoms with Gasteiger partial charge in [0.1, 0.15) is 0 Å². The molecule has 86 valence electrons. The van der Waals surface area contributed by atoms with Gasteiger partial charge in [0.2, 0.25) is 5.91 Å². The van der Waals surface area contributed by atoms with Gasteiger partial charge in [-0.3, -0.25) is 4.79 Å². The second-order valence-corrected chi connectivity index (χ2v) is 5.01. The van der Waals surface area contributed by atoms with E-state index in [2.05, 4.69) is 17.3 Å². The van der Waals surface area contributed by atoms with Crippen LogP contribution in [0.5, 0.6) is 0 Å². The molecule has 2 saturated heterocycles. The Morgan fingerprint density at radius 2 is 2.20 bits per heavy atom. The molecule has 1 amide bonds. The number of amides is 1. The maximum absolute atomic E-state index is 11.4. The zero-order valence-electron chi connectivity index (χ0n) is 9.33. The minimum absolute atomic E-state index is 0.0402. The zero-order chi connectivity index (χ0) is 10.9. The summed E-state index contributed by atoms with van der Waals surface area (Å²) in [6.07, 6.45) is 3.13. The Kier molecular flexibility index (Phi) is 2.98. The monoisotopic (exact) mass is 212 g/mol. The van der Waals surface area contributed by atoms with E-state index in [-0.39, 0.29) is 11.8 Å². The third-order valence-electron chi connectivity index (χ3n) is 3.71. The number of piperidine rings is 1. The van der Waals surface area contributed by atoms with Crippen LogP contribution < -0.4 is 5.32 Å². The molecule has 0 spiro atoms. The lowest BCUT2D eigenvalue weighted by molar-refractivity contribution is -0.125. The molecule has 2 heterocycles. The van der Waals surface area contributed by atoms with Gasteiger partial charge >= 0.3 is 0 Å². The average molecular weight is 212 g/mol. The first-order valence-electron chi connectivity index (χ1n) is 5.78. The zero-order valence-corrected chi connectivity index (χ0v) is 9.33. The molecule has 2 aliphatic rings. The van der Waals surface area contributed by atoms with Crippen LogP contribution in [0.2, 0.25) is 0 Å². The number of hydrogen-bond acceptors (Lipinski definition) is 3. The molecule has 0 aromatic carbocycles. The molecule has 0 bridgehead atoms. The Morgan fingerprint density at radius 3 is 2.73 bits per heavy atom. The van der Waals surface area contributed by atoms with E-state index in [1.165, 1.54) is 0 Å². The van der Waals surface area contributed by atoms with Crippen molar-refractivity contribution < 1.29 is 9.90 Å². The second-order valence-electron chi connectivity index (χ2n) is 5.01. The molecule has 2 fully saturated rings. The SMILES string of the molecule is CN1CCC(O)(CC2CCNC2=O)CC1. The molecule has 0 aliphatic carbocycles. The standard InChI is InChI=1S/C11H20N2O2/c1-13-6-3-11(15,4-7-13)8-9-2-5-12-10(9)14/h9,15H,2-8H2,1H3,(H,12,14). The maximum atomic E-state index is 11.4. The minimum Gasteiger partial charge on any atom is -0.390 e. The summed E-state index contributed by atoms with van der Waals surface area (Å²) in [4.78, 5) is 13.6. The van der Waals surface area contributed by atoms with Gasteiger partial charge in [-0.25, -0.2) is 0 Å². The minimum atomic E-state index is -0.598. The number of hydrogen-bond donors (Lipinski definition) is 2. The summed E-state index contributed by atoms with van der Waals surface area (Å²) in [7, 11) is 2.07. The largest absolute Gasteiger partial charge is 0.390 e. The van der Waals surface area contributed by atoms with Gasteiger partial charge in [0.15, 0.2) is 0 Å². The topological polar surface area (TPSA) is 52.6 Å². The van der Waals surface area contributed by atoms with Gasteiger partial charge in [0.25, 0.3) is 0 Å². The van der Waals surface area contributed by atoms with Gasteiger partial charge < -0.3 is 15.3 Å². The number of carbonyl (C=O) groups excluding carboxylic acids is 1. The van der Waals surface area contributed by atoms with Gasteiger partial charge in [-0.05, 0) is 32.7 Å². The van der Waals surface area contributed by atoms with Crippen LogP contribution in [0.15, 0.2) is 0 Å². The highest BCUT2D eigenvalue weighted by molar-refractivity contribution is 5.80. The number of carbonyl (C=O) groups is 1. The van der Waals surface area contributed by atoms with Crippen molar-refractivity contribution in [2.45, 2.75) is 31.3 Å². The van der Waals surface area contributed by atoms with E-state index in [0.717, 1.165) is 38.9 Å². The van der Waals surface area contributed by atoms with Crippen LogP contribution >= 0.6 is 0 Å². The first-order chi connectivity index (χ1) is 7.09. The van der Waals surface area contributed by atoms with E-state index in [0.29, 0.717) is 6.42 Å². The van der Waals surface area contributed by atoms with Gasteiger partial charge in [0, 0.05) is 25.6 Å². The lowest BCUT2D eigenvalue weighted by Crippen LogP contribution is -2.44. The first kappa shape index (κ1) is 10.9. The Bertz CT molecular complexity index is 247. The quantitative estimate of drug-likeness (QED) is 0.676. The fourth-order valence-corrected chi connectivity index (χ4v) is 2.54. The summed E-state index contributed by atoms with van der Waals surface area (Å²) in [5.74, 6) is 0.167. The van der Waals surface area contributed by atoms with E-state index in [9.17, 15) is 9.90 Å². The highest BCUT2D eigenvalue weighted by Gasteiger charge is 2.37. The molecule has 2 aliphatic heterocycles. The average Bonchev–Trinajstić information content (AvgIpc) is 2.58. The summed E-state index contributed by atoms with van der Waals surface area (Å²) in [5, 5.41) is 13.2. The Hall–Kier alpha value is -0.610. The normalized spacial score (nSPS) is 31.6. The highest BCUT2D eigenvalue weighted by Crippen LogP contribution is 2.30. The number of nitrogens with one attached hydrogen (secondary N) is 1. The Morgan fingerprint density at radius 1 is 1.53 bits per heavy atom. The predicted octanol–water partition coefficient (Wildman–Crippen LogP) is -0.0307. The van der Waals surface area contributed by atoms with Gasteiger partial charge in [-0.2, -0.15) is 0 Å². The van der Waals surface area contributed by atoms with Crippen molar-refractivity contribution in [1.29, 1.82) is 0 Å². The molecule has 2 N–H and O–H groups in total. The van der Waals surface area contributed by atoms with Crippen molar-refractivity contribution in [3.05, 3.63) is 0 Å². The van der Waals surface area contributed by atoms with Crippen LogP contribution in [0.3, 0.4) is 0 Å². The van der Waals surface area contributed by atoms with E-state index in [1.807, 2.05) is 0 Å². The predicted molar refractivity (Wildman–Crippen MR) is 57.4 cm³/mol. The van der Waals surface area contributed by atoms with E-state index >= 15 is 0 Å². The molecule has 4 heteroatoms. The van der Waals surface area contributed by atoms with Crippen molar-refractivity contribution in [1.82, 2.24) is 10.2 Å². The van der Waals surface area contributed by atoms with Crippen LogP contribution in [0.1, 0.15) is 25.7 Å². The molecule has 4 nitrogen and oxygen atoms in total. The second kappa shape index (κ2) is 4.10. The molecule has 1 unspecified atom stereocenters. The van der Waals surface area contributed by atoms with Crippen LogP contribution in [0.4, 0.5) is 0 Å². The van der Waals surface area contributed by atoms with Crippen LogP contribution in [0, 0.1) is 5.92 Å². The van der Waals surface area contributed by atoms with Crippen LogP contribution in [0.25, 0.3) is 0 Å². The lowest BCUT2D eigenvalue weighted by Gasteiger charge is -2.37. The third kappa shape index (κ3) is 2.49. The van der Waals surface area contributed by atoms with E-state index < -0.39 is 5.60 Å². The van der Waals surface area contributed by atoms with E-state index in [1.54, 1.807) is 0 Å². The molecule has 0 radical (unpaired) electrons. The van der Waals surface area contributed by atoms with Crippen molar-refractivity contribution >= 4 is 5.91 Å². The summed E-state index contributed by atoms with van der Waals surface area (Å²) in [5.41, 5.74) is -0.598. The van der Waals surface area contributed by atoms with Gasteiger partial charge in [0.05, 0.1) is 5.60 Å². The summed E-state index contributed by atoms with van der Waals surface area (Å²) in [6.45, 7) is 2.65. The first-order valence-corrected chi connectivity index (χ1v) is 5.78. The summed E-state index contributed by atoms with van der Waals surface area (Å²) in [6, 6.07) is 0. The van der Waals surface area contributed by atoms with Crippen molar-refractivity contribution in [3.8, 4) is 0 Å². The summed E-state index contributed by atoms with van der Waals surface area (Å²) >= 11 is 0.